The molecule has 6 heteroatoms. The molecule has 1 amide bonds. The zero-order chi connectivity index (χ0) is 19.1. The minimum atomic E-state index is -0.796. The highest BCUT2D eigenvalue weighted by molar-refractivity contribution is 5.78. The number of amides is 1. The molecular formula is C20H31N3O3. The van der Waals surface area contributed by atoms with Gasteiger partial charge >= 0.3 is 5.97 Å². The summed E-state index contributed by atoms with van der Waals surface area (Å²) < 4.78 is 0. The maximum absolute atomic E-state index is 12.5. The van der Waals surface area contributed by atoms with Crippen LogP contribution in [0.1, 0.15) is 38.3 Å². The zero-order valence-electron chi connectivity index (χ0n) is 16.0. The van der Waals surface area contributed by atoms with E-state index in [0.29, 0.717) is 12.5 Å². The fourth-order valence-corrected chi connectivity index (χ4v) is 3.58. The molecule has 0 spiro atoms. The van der Waals surface area contributed by atoms with Crippen LogP contribution in [0.3, 0.4) is 0 Å². The molecule has 1 aromatic carbocycles. The van der Waals surface area contributed by atoms with E-state index >= 15 is 0 Å². The van der Waals surface area contributed by atoms with Crippen LogP contribution in [0.25, 0.3) is 0 Å². The van der Waals surface area contributed by atoms with Crippen LogP contribution in [0.15, 0.2) is 30.3 Å². The number of hydrogen-bond donors (Lipinski definition) is 2. The van der Waals surface area contributed by atoms with Gasteiger partial charge in [0.15, 0.2) is 0 Å². The van der Waals surface area contributed by atoms with Crippen molar-refractivity contribution in [1.29, 1.82) is 0 Å². The molecule has 6 nitrogen and oxygen atoms in total. The number of hydrogen-bond acceptors (Lipinski definition) is 4. The van der Waals surface area contributed by atoms with Crippen molar-refractivity contribution in [3.05, 3.63) is 35.9 Å². The summed E-state index contributed by atoms with van der Waals surface area (Å²) >= 11 is 0. The highest BCUT2D eigenvalue weighted by Gasteiger charge is 2.25. The second-order valence-electron chi connectivity index (χ2n) is 7.52. The van der Waals surface area contributed by atoms with E-state index in [9.17, 15) is 9.59 Å². The highest BCUT2D eigenvalue weighted by Crippen LogP contribution is 2.21. The molecule has 2 N–H and O–H groups in total. The summed E-state index contributed by atoms with van der Waals surface area (Å²) in [4.78, 5) is 27.4. The summed E-state index contributed by atoms with van der Waals surface area (Å²) in [6, 6.07) is 10.4. The fraction of sp³-hybridized carbons (Fsp3) is 0.600. The van der Waals surface area contributed by atoms with Gasteiger partial charge in [-0.3, -0.25) is 19.4 Å². The normalized spacial score (nSPS) is 17.4. The van der Waals surface area contributed by atoms with Gasteiger partial charge in [-0.05, 0) is 31.4 Å². The number of carbonyl (C=O) groups excluding carboxylic acids is 1. The van der Waals surface area contributed by atoms with Crippen LogP contribution in [0, 0.1) is 5.92 Å². The molecule has 0 saturated carbocycles. The zero-order valence-corrected chi connectivity index (χ0v) is 16.0. The first-order chi connectivity index (χ1) is 12.4. The number of likely N-dealkylation sites (tertiary alicyclic amines) is 1. The third kappa shape index (κ3) is 6.11. The van der Waals surface area contributed by atoms with E-state index in [1.165, 1.54) is 0 Å². The van der Waals surface area contributed by atoms with Crippen LogP contribution in [-0.4, -0.2) is 66.1 Å². The van der Waals surface area contributed by atoms with E-state index in [1.807, 2.05) is 30.1 Å². The van der Waals surface area contributed by atoms with Crippen LogP contribution in [0.2, 0.25) is 0 Å². The number of piperidine rings is 1. The number of nitrogens with one attached hydrogen (secondary N) is 1. The lowest BCUT2D eigenvalue weighted by molar-refractivity contribution is -0.138. The first-order valence-corrected chi connectivity index (χ1v) is 9.35. The molecule has 1 aromatic rings. The Morgan fingerprint density at radius 2 is 1.85 bits per heavy atom. The predicted octanol–water partition coefficient (Wildman–Crippen LogP) is 1.98. The molecule has 1 atom stereocenters. The number of carbonyl (C=O) groups is 2. The van der Waals surface area contributed by atoms with Crippen LogP contribution in [0.5, 0.6) is 0 Å². The monoisotopic (exact) mass is 361 g/mol. The minimum absolute atomic E-state index is 0.0166. The minimum Gasteiger partial charge on any atom is -0.480 e. The van der Waals surface area contributed by atoms with Crippen molar-refractivity contribution in [2.24, 2.45) is 5.92 Å². The number of nitrogens with zero attached hydrogens (tertiary/aromatic N) is 2. The molecular weight excluding hydrogens is 330 g/mol. The molecule has 144 valence electrons. The van der Waals surface area contributed by atoms with Crippen molar-refractivity contribution >= 4 is 11.9 Å². The van der Waals surface area contributed by atoms with E-state index in [0.717, 1.165) is 31.5 Å². The third-order valence-corrected chi connectivity index (χ3v) is 5.07. The Labute approximate surface area is 156 Å². The van der Waals surface area contributed by atoms with Crippen molar-refractivity contribution < 1.29 is 14.7 Å². The molecule has 0 bridgehead atoms. The van der Waals surface area contributed by atoms with Gasteiger partial charge in [-0.1, -0.05) is 44.2 Å². The van der Waals surface area contributed by atoms with E-state index in [1.54, 1.807) is 0 Å². The molecule has 1 saturated heterocycles. The van der Waals surface area contributed by atoms with E-state index < -0.39 is 5.97 Å². The Morgan fingerprint density at radius 3 is 2.38 bits per heavy atom. The molecule has 1 heterocycles. The molecule has 1 fully saturated rings. The summed E-state index contributed by atoms with van der Waals surface area (Å²) in [6.45, 7) is 6.33. The van der Waals surface area contributed by atoms with Crippen molar-refractivity contribution in [1.82, 2.24) is 15.1 Å². The van der Waals surface area contributed by atoms with Gasteiger partial charge in [0.25, 0.3) is 0 Å². The van der Waals surface area contributed by atoms with Gasteiger partial charge in [0.2, 0.25) is 5.91 Å². The molecule has 26 heavy (non-hydrogen) atoms. The Morgan fingerprint density at radius 1 is 1.23 bits per heavy atom. The maximum Gasteiger partial charge on any atom is 0.317 e. The standard InChI is InChI=1S/C20H31N3O3/c1-15(2)20(16-7-5-4-6-8-16)21-18(24)13-23-11-9-17(10-12-23)22(3)14-19(25)26/h4-8,15,17,20H,9-14H2,1-3H3,(H,21,24)(H,25,26). The second-order valence-corrected chi connectivity index (χ2v) is 7.52. The summed E-state index contributed by atoms with van der Waals surface area (Å²) in [6.07, 6.45) is 1.78. The molecule has 2 rings (SSSR count). The quantitative estimate of drug-likeness (QED) is 0.741. The smallest absolute Gasteiger partial charge is 0.317 e. The van der Waals surface area contributed by atoms with Gasteiger partial charge in [-0.2, -0.15) is 0 Å². The SMILES string of the molecule is CC(C)C(NC(=O)CN1CCC(N(C)CC(=O)O)CC1)c1ccccc1. The van der Waals surface area contributed by atoms with Gasteiger partial charge in [0.1, 0.15) is 0 Å². The summed E-state index contributed by atoms with van der Waals surface area (Å²) in [5.74, 6) is -0.434. The largest absolute Gasteiger partial charge is 0.480 e. The highest BCUT2D eigenvalue weighted by atomic mass is 16.4. The number of aliphatic carboxylic acids is 1. The van der Waals surface area contributed by atoms with Crippen LogP contribution in [-0.2, 0) is 9.59 Å². The number of benzene rings is 1. The average Bonchev–Trinajstić information content (AvgIpc) is 2.60. The van der Waals surface area contributed by atoms with Crippen molar-refractivity contribution in [3.63, 3.8) is 0 Å². The first-order valence-electron chi connectivity index (χ1n) is 9.35. The Bertz CT molecular complexity index is 583. The second kappa shape index (κ2) is 9.69. The maximum atomic E-state index is 12.5. The number of likely N-dealkylation sites (N-methyl/N-ethyl adjacent to an activating group) is 1. The predicted molar refractivity (Wildman–Crippen MR) is 102 cm³/mol. The lowest BCUT2D eigenvalue weighted by Gasteiger charge is -2.36. The van der Waals surface area contributed by atoms with Gasteiger partial charge in [0, 0.05) is 19.1 Å². The Balaban J connectivity index is 1.82. The summed E-state index contributed by atoms with van der Waals surface area (Å²) in [5, 5.41) is 12.1. The van der Waals surface area contributed by atoms with E-state index in [-0.39, 0.29) is 24.5 Å². The van der Waals surface area contributed by atoms with Crippen molar-refractivity contribution in [2.45, 2.75) is 38.8 Å². The van der Waals surface area contributed by atoms with Gasteiger partial charge in [-0.15, -0.1) is 0 Å². The summed E-state index contributed by atoms with van der Waals surface area (Å²) in [5.41, 5.74) is 1.13. The average molecular weight is 361 g/mol. The topological polar surface area (TPSA) is 72.9 Å². The Kier molecular flexibility index (Phi) is 7.60. The van der Waals surface area contributed by atoms with Crippen LogP contribution in [0.4, 0.5) is 0 Å². The number of carboxylic acid groups (broad SMARTS) is 1. The van der Waals surface area contributed by atoms with E-state index in [4.69, 9.17) is 5.11 Å². The van der Waals surface area contributed by atoms with Gasteiger partial charge in [0.05, 0.1) is 19.1 Å². The van der Waals surface area contributed by atoms with Crippen LogP contribution >= 0.6 is 0 Å². The third-order valence-electron chi connectivity index (χ3n) is 5.07. The Hall–Kier alpha value is -1.92. The molecule has 1 aliphatic heterocycles. The lowest BCUT2D eigenvalue weighted by Crippen LogP contribution is -2.48. The molecule has 1 unspecified atom stereocenters. The molecule has 0 radical (unpaired) electrons. The summed E-state index contributed by atoms with van der Waals surface area (Å²) in [7, 11) is 1.86. The van der Waals surface area contributed by atoms with Crippen molar-refractivity contribution in [3.8, 4) is 0 Å². The molecule has 0 aliphatic carbocycles. The number of rotatable bonds is 8. The number of carboxylic acids is 1. The van der Waals surface area contributed by atoms with Crippen molar-refractivity contribution in [2.75, 3.05) is 33.2 Å². The van der Waals surface area contributed by atoms with Crippen LogP contribution < -0.4 is 5.32 Å². The lowest BCUT2D eigenvalue weighted by atomic mass is 9.96. The fourth-order valence-electron chi connectivity index (χ4n) is 3.58. The van der Waals surface area contributed by atoms with Gasteiger partial charge < -0.3 is 10.4 Å². The molecule has 1 aliphatic rings. The first kappa shape index (κ1) is 20.4. The molecule has 0 aromatic heterocycles. The van der Waals surface area contributed by atoms with Gasteiger partial charge in [-0.25, -0.2) is 0 Å². The van der Waals surface area contributed by atoms with E-state index in [2.05, 4.69) is 36.2 Å².